The SMILES string of the molecule is COC(=O)[C@@H]1[C@@H](c2ccccc2)OS(=O)N1C(=O)OCc1ccccc1. The van der Waals surface area contributed by atoms with Crippen molar-refractivity contribution in [2.45, 2.75) is 18.8 Å². The number of rotatable bonds is 4. The zero-order valence-electron chi connectivity index (χ0n) is 13.9. The van der Waals surface area contributed by atoms with Gasteiger partial charge in [-0.2, -0.15) is 4.31 Å². The molecule has 3 atom stereocenters. The number of methoxy groups -OCH3 is 1. The second kappa shape index (κ2) is 8.11. The molecule has 1 aliphatic rings. The molecule has 2 aromatic carbocycles. The molecule has 0 aromatic heterocycles. The Labute approximate surface area is 153 Å². The van der Waals surface area contributed by atoms with E-state index < -0.39 is 35.5 Å². The number of ether oxygens (including phenoxy) is 2. The third-order valence-electron chi connectivity index (χ3n) is 3.84. The maximum atomic E-state index is 12.5. The van der Waals surface area contributed by atoms with Gasteiger partial charge in [0.2, 0.25) is 0 Å². The first-order valence-corrected chi connectivity index (χ1v) is 8.86. The third-order valence-corrected chi connectivity index (χ3v) is 4.91. The van der Waals surface area contributed by atoms with Crippen LogP contribution in [0.3, 0.4) is 0 Å². The quantitative estimate of drug-likeness (QED) is 0.764. The summed E-state index contributed by atoms with van der Waals surface area (Å²) in [7, 11) is 1.19. The molecule has 1 saturated heterocycles. The lowest BCUT2D eigenvalue weighted by Crippen LogP contribution is -2.43. The second-order valence-electron chi connectivity index (χ2n) is 5.48. The summed E-state index contributed by atoms with van der Waals surface area (Å²) in [5.41, 5.74) is 1.37. The Kier molecular flexibility index (Phi) is 5.65. The molecule has 26 heavy (non-hydrogen) atoms. The van der Waals surface area contributed by atoms with Crippen LogP contribution < -0.4 is 0 Å². The van der Waals surface area contributed by atoms with Gasteiger partial charge >= 0.3 is 12.1 Å². The van der Waals surface area contributed by atoms with Gasteiger partial charge in [-0.1, -0.05) is 60.7 Å². The molecule has 136 valence electrons. The molecule has 0 N–H and O–H groups in total. The molecule has 0 saturated carbocycles. The van der Waals surface area contributed by atoms with E-state index in [1.165, 1.54) is 7.11 Å². The summed E-state index contributed by atoms with van der Waals surface area (Å²) in [5.74, 6) is -0.735. The summed E-state index contributed by atoms with van der Waals surface area (Å²) in [6.07, 6.45) is -1.82. The number of carbonyl (C=O) groups is 2. The first kappa shape index (κ1) is 18.1. The van der Waals surface area contributed by atoms with E-state index in [1.807, 2.05) is 18.2 Å². The lowest BCUT2D eigenvalue weighted by Gasteiger charge is -2.21. The fourth-order valence-corrected chi connectivity index (χ4v) is 3.62. The van der Waals surface area contributed by atoms with Crippen LogP contribution >= 0.6 is 0 Å². The van der Waals surface area contributed by atoms with Crippen LogP contribution in [-0.2, 0) is 36.3 Å². The number of esters is 1. The van der Waals surface area contributed by atoms with Gasteiger partial charge < -0.3 is 9.47 Å². The molecule has 8 heteroatoms. The zero-order chi connectivity index (χ0) is 18.5. The van der Waals surface area contributed by atoms with Gasteiger partial charge in [-0.15, -0.1) is 0 Å². The van der Waals surface area contributed by atoms with Crippen molar-refractivity contribution in [1.82, 2.24) is 4.31 Å². The van der Waals surface area contributed by atoms with Crippen molar-refractivity contribution < 1.29 is 27.5 Å². The van der Waals surface area contributed by atoms with Crippen molar-refractivity contribution >= 4 is 23.3 Å². The fraction of sp³-hybridized carbons (Fsp3) is 0.222. The summed E-state index contributed by atoms with van der Waals surface area (Å²) < 4.78 is 28.5. The molecule has 0 spiro atoms. The molecule has 1 heterocycles. The highest BCUT2D eigenvalue weighted by Gasteiger charge is 2.51. The first-order valence-electron chi connectivity index (χ1n) is 7.83. The lowest BCUT2D eigenvalue weighted by atomic mass is 10.0. The molecule has 0 aliphatic carbocycles. The summed E-state index contributed by atoms with van der Waals surface area (Å²) >= 11 is -2.17. The van der Waals surface area contributed by atoms with Crippen molar-refractivity contribution in [3.8, 4) is 0 Å². The molecule has 1 aliphatic heterocycles. The molecule has 1 amide bonds. The third kappa shape index (κ3) is 3.76. The highest BCUT2D eigenvalue weighted by atomic mass is 32.2. The molecule has 0 bridgehead atoms. The summed E-state index contributed by atoms with van der Waals surface area (Å²) in [5, 5.41) is 0. The normalized spacial score (nSPS) is 22.0. The minimum atomic E-state index is -2.17. The molecule has 7 nitrogen and oxygen atoms in total. The van der Waals surface area contributed by atoms with Crippen LogP contribution in [0.25, 0.3) is 0 Å². The Morgan fingerprint density at radius 1 is 1.08 bits per heavy atom. The predicted molar refractivity (Wildman–Crippen MR) is 92.7 cm³/mol. The van der Waals surface area contributed by atoms with Gasteiger partial charge in [0.15, 0.2) is 6.04 Å². The van der Waals surface area contributed by atoms with Crippen LogP contribution in [-0.4, -0.2) is 33.7 Å². The Morgan fingerprint density at radius 2 is 1.69 bits per heavy atom. The van der Waals surface area contributed by atoms with Gasteiger partial charge in [0, 0.05) is 0 Å². The second-order valence-corrected chi connectivity index (χ2v) is 6.50. The first-order chi connectivity index (χ1) is 12.6. The van der Waals surface area contributed by atoms with Crippen LogP contribution in [0, 0.1) is 0 Å². The minimum Gasteiger partial charge on any atom is -0.467 e. The molecule has 0 radical (unpaired) electrons. The van der Waals surface area contributed by atoms with Crippen molar-refractivity contribution in [2.24, 2.45) is 0 Å². The summed E-state index contributed by atoms with van der Waals surface area (Å²) in [6, 6.07) is 16.6. The number of amides is 1. The maximum Gasteiger partial charge on any atom is 0.424 e. The Bertz CT molecular complexity index is 798. The fourth-order valence-electron chi connectivity index (χ4n) is 2.58. The molecular formula is C18H17NO6S. The molecule has 2 aromatic rings. The average molecular weight is 375 g/mol. The van der Waals surface area contributed by atoms with E-state index in [0.717, 1.165) is 9.87 Å². The van der Waals surface area contributed by atoms with Crippen molar-refractivity contribution in [1.29, 1.82) is 0 Å². The smallest absolute Gasteiger partial charge is 0.424 e. The molecule has 1 unspecified atom stereocenters. The van der Waals surface area contributed by atoms with Crippen LogP contribution in [0.1, 0.15) is 17.2 Å². The Morgan fingerprint density at radius 3 is 2.31 bits per heavy atom. The van der Waals surface area contributed by atoms with E-state index >= 15 is 0 Å². The predicted octanol–water partition coefficient (Wildman–Crippen LogP) is 2.52. The lowest BCUT2D eigenvalue weighted by molar-refractivity contribution is -0.146. The number of nitrogens with zero attached hydrogens (tertiary/aromatic N) is 1. The van der Waals surface area contributed by atoms with Gasteiger partial charge in [0.1, 0.15) is 12.7 Å². The van der Waals surface area contributed by atoms with Crippen molar-refractivity contribution in [3.05, 3.63) is 71.8 Å². The van der Waals surface area contributed by atoms with Crippen molar-refractivity contribution in [2.75, 3.05) is 7.11 Å². The van der Waals surface area contributed by atoms with E-state index in [-0.39, 0.29) is 6.61 Å². The number of hydrogen-bond donors (Lipinski definition) is 0. The van der Waals surface area contributed by atoms with E-state index in [0.29, 0.717) is 5.56 Å². The zero-order valence-corrected chi connectivity index (χ0v) is 14.8. The summed E-state index contributed by atoms with van der Waals surface area (Å²) in [4.78, 5) is 24.7. The maximum absolute atomic E-state index is 12.5. The van der Waals surface area contributed by atoms with Gasteiger partial charge in [-0.05, 0) is 11.1 Å². The Hall–Kier alpha value is -2.71. The number of hydrogen-bond acceptors (Lipinski definition) is 6. The molecular weight excluding hydrogens is 358 g/mol. The van der Waals surface area contributed by atoms with Crippen LogP contribution in [0.15, 0.2) is 60.7 Å². The number of benzene rings is 2. The molecule has 1 fully saturated rings. The van der Waals surface area contributed by atoms with Crippen LogP contribution in [0.5, 0.6) is 0 Å². The van der Waals surface area contributed by atoms with Crippen LogP contribution in [0.2, 0.25) is 0 Å². The largest absolute Gasteiger partial charge is 0.467 e. The number of carbonyl (C=O) groups excluding carboxylic acids is 2. The van der Waals surface area contributed by atoms with Gasteiger partial charge in [-0.25, -0.2) is 13.8 Å². The highest BCUT2D eigenvalue weighted by Crippen LogP contribution is 2.35. The van der Waals surface area contributed by atoms with E-state index in [1.54, 1.807) is 42.5 Å². The van der Waals surface area contributed by atoms with E-state index in [9.17, 15) is 13.8 Å². The Balaban J connectivity index is 1.81. The monoisotopic (exact) mass is 375 g/mol. The van der Waals surface area contributed by atoms with E-state index in [2.05, 4.69) is 0 Å². The standard InChI is InChI=1S/C18H17NO6S/c1-23-17(20)15-16(14-10-6-3-7-11-14)25-26(22)19(15)18(21)24-12-13-8-4-2-5-9-13/h2-11,15-16H,12H2,1H3/t15-,16+,26?/m0/s1. The summed E-state index contributed by atoms with van der Waals surface area (Å²) in [6.45, 7) is -0.0166. The van der Waals surface area contributed by atoms with Crippen molar-refractivity contribution in [3.63, 3.8) is 0 Å². The van der Waals surface area contributed by atoms with Gasteiger partial charge in [-0.3, -0.25) is 4.18 Å². The van der Waals surface area contributed by atoms with Gasteiger partial charge in [0.25, 0.3) is 11.3 Å². The average Bonchev–Trinajstić information content (AvgIpc) is 3.04. The van der Waals surface area contributed by atoms with Crippen LogP contribution in [0.4, 0.5) is 4.79 Å². The minimum absolute atomic E-state index is 0.0166. The highest BCUT2D eigenvalue weighted by molar-refractivity contribution is 7.78. The molecule has 3 rings (SSSR count). The topological polar surface area (TPSA) is 82.1 Å². The van der Waals surface area contributed by atoms with Gasteiger partial charge in [0.05, 0.1) is 7.11 Å². The van der Waals surface area contributed by atoms with E-state index in [4.69, 9.17) is 13.7 Å².